The molecule has 0 aliphatic carbocycles. The molecule has 0 rings (SSSR count). The number of rotatable bonds is 0. The number of carbonyl (C=O) groups excluding carboxylic acids is 1. The van der Waals surface area contributed by atoms with Crippen LogP contribution in [-0.4, -0.2) is 33.2 Å². The predicted octanol–water partition coefficient (Wildman–Crippen LogP) is -1.48. The van der Waals surface area contributed by atoms with Gasteiger partial charge in [0.05, 0.1) is 0 Å². The third-order valence-corrected chi connectivity index (χ3v) is 0. The van der Waals surface area contributed by atoms with Crippen molar-refractivity contribution in [2.24, 2.45) is 0 Å². The van der Waals surface area contributed by atoms with E-state index in [1.165, 1.54) is 0 Å². The van der Waals surface area contributed by atoms with Crippen molar-refractivity contribution in [3.8, 4) is 0 Å². The van der Waals surface area contributed by atoms with Gasteiger partial charge in [-0.3, -0.25) is 0 Å². The molecule has 12 heteroatoms. The molecule has 0 saturated carbocycles. The fraction of sp³-hybridized carbons (Fsp3) is 0.667. The van der Waals surface area contributed by atoms with E-state index in [-0.39, 0.29) is 57.8 Å². The van der Waals surface area contributed by atoms with E-state index in [9.17, 15) is 0 Å². The smallest absolute Gasteiger partial charge is 2.00 e. The summed E-state index contributed by atoms with van der Waals surface area (Å²) in [5, 5.41) is 7.57. The molecule has 9 nitrogen and oxygen atoms in total. The van der Waals surface area contributed by atoms with Crippen LogP contribution in [0, 0.1) is 0 Å². The molecule has 2 radical (unpaired) electrons. The molecular formula is C3H11Cr2O9P. The average Bonchev–Trinajstić information content (AvgIpc) is 1.68. The Hall–Kier alpha value is 0.685. The molecule has 0 atom stereocenters. The Balaban J connectivity index is -0.00000000751. The summed E-state index contributed by atoms with van der Waals surface area (Å²) in [4.78, 5) is 29.6. The zero-order chi connectivity index (χ0) is 9.21. The van der Waals surface area contributed by atoms with Crippen molar-refractivity contribution in [3.05, 3.63) is 0 Å². The maximum absolute atomic E-state index is 8.88. The predicted molar refractivity (Wildman–Crippen MR) is 36.2 cm³/mol. The maximum atomic E-state index is 8.88. The molecule has 0 saturated heterocycles. The number of hydrogen-bond acceptors (Lipinski definition) is 3. The number of aliphatic hydroxyl groups excluding tert-OH is 1. The molecule has 0 unspecified atom stereocenters. The summed E-state index contributed by atoms with van der Waals surface area (Å²) in [5.74, 6) is 0. The minimum absolute atomic E-state index is 0. The van der Waals surface area contributed by atoms with Gasteiger partial charge in [0.2, 0.25) is 0 Å². The topological polar surface area (TPSA) is 201 Å². The van der Waals surface area contributed by atoms with Gasteiger partial charge in [0.25, 0.3) is 0 Å². The first-order chi connectivity index (χ1) is 4.41. The zero-order valence-corrected chi connectivity index (χ0v) is 11.0. The largest absolute Gasteiger partial charge is 3.00 e. The maximum Gasteiger partial charge on any atom is 3.00 e. The van der Waals surface area contributed by atoms with Crippen LogP contribution in [-0.2, 0) is 60.5 Å². The van der Waals surface area contributed by atoms with Gasteiger partial charge in [-0.1, -0.05) is 0 Å². The average molecular weight is 326 g/mol. The third-order valence-electron chi connectivity index (χ3n) is 0. The first-order valence-electron chi connectivity index (χ1n) is 2.09. The van der Waals surface area contributed by atoms with E-state index in [4.69, 9.17) is 29.1 Å². The second-order valence-electron chi connectivity index (χ2n) is 0.830. The van der Waals surface area contributed by atoms with E-state index >= 15 is 0 Å². The van der Waals surface area contributed by atoms with Gasteiger partial charge in [-0.05, 0) is 6.92 Å². The first-order valence-corrected chi connectivity index (χ1v) is 3.66. The van der Waals surface area contributed by atoms with Gasteiger partial charge in [-0.15, -0.1) is 0 Å². The van der Waals surface area contributed by atoms with Crippen LogP contribution < -0.4 is 0 Å². The standard InChI is InChI=1S/C2H6O.CH2O.2Cr.H3O4P.3O/c1-2-3;1-2;;;1-5(2,3)4;;;/h3H,2H2,1H3;1H2;;;(H3,1,2,3,4);;;/q;;2*+3;;3*-2. The van der Waals surface area contributed by atoms with Crippen molar-refractivity contribution in [2.75, 3.05) is 6.61 Å². The van der Waals surface area contributed by atoms with Crippen molar-refractivity contribution < 1.29 is 80.3 Å². The monoisotopic (exact) mass is 326 g/mol. The molecule has 0 heterocycles. The Labute approximate surface area is 109 Å². The molecule has 0 amide bonds. The Bertz CT molecular complexity index is 89.1. The first kappa shape index (κ1) is 57.3. The van der Waals surface area contributed by atoms with E-state index in [1.807, 2.05) is 6.79 Å². The molecule has 4 N–H and O–H groups in total. The number of carbonyl (C=O) groups is 1. The Morgan fingerprint density at radius 3 is 1.00 bits per heavy atom. The van der Waals surface area contributed by atoms with Crippen LogP contribution in [0.1, 0.15) is 6.92 Å². The second-order valence-corrected chi connectivity index (χ2v) is 1.86. The summed E-state index contributed by atoms with van der Waals surface area (Å²) >= 11 is 0. The molecule has 0 fully saturated rings. The molecule has 0 aromatic heterocycles. The van der Waals surface area contributed by atoms with Crippen LogP contribution in [0.4, 0.5) is 0 Å². The van der Waals surface area contributed by atoms with Gasteiger partial charge < -0.3 is 41.0 Å². The van der Waals surface area contributed by atoms with Crippen molar-refractivity contribution in [3.63, 3.8) is 0 Å². The number of phosphoric acid groups is 1. The van der Waals surface area contributed by atoms with E-state index in [1.54, 1.807) is 6.92 Å². The van der Waals surface area contributed by atoms with Crippen molar-refractivity contribution >= 4 is 14.6 Å². The molecule has 15 heavy (non-hydrogen) atoms. The summed E-state index contributed by atoms with van der Waals surface area (Å²) in [6.45, 7) is 3.93. The van der Waals surface area contributed by atoms with Crippen LogP contribution >= 0.6 is 7.82 Å². The van der Waals surface area contributed by atoms with Crippen LogP contribution in [0.2, 0.25) is 0 Å². The Kier molecular flexibility index (Phi) is 178. The van der Waals surface area contributed by atoms with E-state index in [0.717, 1.165) is 0 Å². The number of aliphatic hydroxyl groups is 1. The second kappa shape index (κ2) is 46.6. The molecule has 94 valence electrons. The van der Waals surface area contributed by atoms with Gasteiger partial charge in [0, 0.05) is 6.61 Å². The van der Waals surface area contributed by atoms with Crippen molar-refractivity contribution in [1.29, 1.82) is 0 Å². The normalized spacial score (nSPS) is 5.40. The summed E-state index contributed by atoms with van der Waals surface area (Å²) in [6, 6.07) is 0. The Morgan fingerprint density at radius 2 is 1.00 bits per heavy atom. The van der Waals surface area contributed by atoms with E-state index < -0.39 is 7.82 Å². The van der Waals surface area contributed by atoms with Crippen molar-refractivity contribution in [2.45, 2.75) is 6.92 Å². The fourth-order valence-corrected chi connectivity index (χ4v) is 0. The summed E-state index contributed by atoms with van der Waals surface area (Å²) in [6.07, 6.45) is 0. The van der Waals surface area contributed by atoms with Crippen LogP contribution in [0.25, 0.3) is 0 Å². The third kappa shape index (κ3) is 5040. The fourth-order valence-electron chi connectivity index (χ4n) is 0. The van der Waals surface area contributed by atoms with Gasteiger partial charge in [0.15, 0.2) is 0 Å². The van der Waals surface area contributed by atoms with Crippen LogP contribution in [0.5, 0.6) is 0 Å². The van der Waals surface area contributed by atoms with Gasteiger partial charge in [-0.2, -0.15) is 0 Å². The SMILES string of the molecule is C=O.CCO.O=P(O)(O)O.[Cr+3].[Cr+3].[O-2].[O-2].[O-2]. The quantitative estimate of drug-likeness (QED) is 0.391. The summed E-state index contributed by atoms with van der Waals surface area (Å²) in [5.41, 5.74) is 0. The number of hydrogen-bond donors (Lipinski definition) is 4. The minimum Gasteiger partial charge on any atom is -2.00 e. The van der Waals surface area contributed by atoms with Crippen LogP contribution in [0.15, 0.2) is 0 Å². The molecule has 0 aromatic carbocycles. The molecule has 0 aliphatic heterocycles. The minimum atomic E-state index is -4.64. The molecule has 0 aromatic rings. The molecule has 0 spiro atoms. The molecular weight excluding hydrogens is 315 g/mol. The van der Waals surface area contributed by atoms with Gasteiger partial charge in [0.1, 0.15) is 6.79 Å². The molecule has 0 aliphatic rings. The van der Waals surface area contributed by atoms with Crippen LogP contribution in [0.3, 0.4) is 0 Å². The van der Waals surface area contributed by atoms with Gasteiger partial charge >= 0.3 is 42.5 Å². The Morgan fingerprint density at radius 1 is 1.00 bits per heavy atom. The van der Waals surface area contributed by atoms with E-state index in [2.05, 4.69) is 0 Å². The van der Waals surface area contributed by atoms with Crippen molar-refractivity contribution in [1.82, 2.24) is 0 Å². The van der Waals surface area contributed by atoms with E-state index in [0.29, 0.717) is 0 Å². The summed E-state index contributed by atoms with van der Waals surface area (Å²) in [7, 11) is -4.64. The van der Waals surface area contributed by atoms with Gasteiger partial charge in [-0.25, -0.2) is 4.57 Å². The molecule has 0 bridgehead atoms. The summed E-state index contributed by atoms with van der Waals surface area (Å²) < 4.78 is 8.88. The zero-order valence-electron chi connectivity index (χ0n) is 7.51.